The summed E-state index contributed by atoms with van der Waals surface area (Å²) < 4.78 is 15.9. The number of aliphatic hydroxyl groups excluding tert-OH is 1. The highest BCUT2D eigenvalue weighted by Gasteiger charge is 2.44. The lowest BCUT2D eigenvalue weighted by atomic mass is 9.78. The minimum atomic E-state index is -1.04. The monoisotopic (exact) mass is 1130 g/mol. The number of rotatable bonds is 17. The Bertz CT molecular complexity index is 2810. The Morgan fingerprint density at radius 3 is 1.41 bits per heavy atom. The van der Waals surface area contributed by atoms with E-state index in [4.69, 9.17) is 14.2 Å². The zero-order chi connectivity index (χ0) is 60.5. The summed E-state index contributed by atoms with van der Waals surface area (Å²) >= 11 is 0. The summed E-state index contributed by atoms with van der Waals surface area (Å²) in [6.45, 7) is 19.3. The number of carbonyl (C=O) groups excluding carboxylic acids is 8. The molecule has 0 bridgehead atoms. The van der Waals surface area contributed by atoms with Crippen molar-refractivity contribution in [2.75, 3.05) is 57.8 Å². The summed E-state index contributed by atoms with van der Waals surface area (Å²) in [6.07, 6.45) is 5.97. The Hall–Kier alpha value is -8.23. The van der Waals surface area contributed by atoms with Crippen LogP contribution in [0.1, 0.15) is 115 Å². The van der Waals surface area contributed by atoms with Crippen LogP contribution in [0.2, 0.25) is 0 Å². The first-order chi connectivity index (χ1) is 38.8. The fourth-order valence-corrected chi connectivity index (χ4v) is 8.56. The van der Waals surface area contributed by atoms with E-state index < -0.39 is 40.3 Å². The smallest absolute Gasteiger partial charge is 0.411 e. The molecule has 2 saturated heterocycles. The number of aromatic nitrogens is 2. The van der Waals surface area contributed by atoms with Gasteiger partial charge in [0.15, 0.2) is 0 Å². The lowest BCUT2D eigenvalue weighted by Gasteiger charge is -2.40. The Morgan fingerprint density at radius 1 is 0.610 bits per heavy atom. The van der Waals surface area contributed by atoms with Crippen LogP contribution in [-0.4, -0.2) is 137 Å². The van der Waals surface area contributed by atoms with Crippen molar-refractivity contribution in [2.45, 2.75) is 132 Å². The minimum Gasteiger partial charge on any atom is -0.448 e. The molecule has 82 heavy (non-hydrogen) atoms. The fraction of sp³-hybridized carbons (Fsp3) is 0.500. The number of aryl methyl sites for hydroxylation is 4. The molecule has 4 heterocycles. The standard InChI is InChI=1S/C30H41N5O6.C21H32N4O5.C9H9NO/c1-6-22-9-11-23(12-10-22)34-28(39)40-20-30(26(37)32-18-24-21(2)8-7-15-31-24)13-16-35(17-14-30)25(36)19-33-27(38)41-29(3,4)5;1-15-6-5-9-22-16(15)12-23-18(28)21(14-26)7-10-25(11-8-21)17(27)13-24-19(29)30-20(2,3)4;1-2-8-3-5-9(6-4-8)10-7-11/h7-12,15H,6,13-14,16-20H2,1-5H3,(H,32,37)(H,33,38)(H,34,39);5-6,9,26H,7-8,10-14H2,1-4H3,(H,23,28)(H,24,29);3-6H,2H2,1H3. The number of aliphatic imine (C=N–C) groups is 1. The number of alkyl carbamates (subject to hydrolysis) is 2. The van der Waals surface area contributed by atoms with Crippen molar-refractivity contribution in [2.24, 2.45) is 15.8 Å². The predicted molar refractivity (Wildman–Crippen MR) is 308 cm³/mol. The van der Waals surface area contributed by atoms with E-state index in [0.717, 1.165) is 40.9 Å². The van der Waals surface area contributed by atoms with Gasteiger partial charge in [-0.1, -0.05) is 50.2 Å². The molecule has 2 fully saturated rings. The van der Waals surface area contributed by atoms with Gasteiger partial charge in [0.05, 0.1) is 47.6 Å². The van der Waals surface area contributed by atoms with Gasteiger partial charge in [0, 0.05) is 44.3 Å². The van der Waals surface area contributed by atoms with Gasteiger partial charge in [0.25, 0.3) is 0 Å². The van der Waals surface area contributed by atoms with Crippen LogP contribution in [0.15, 0.2) is 90.2 Å². The number of benzene rings is 2. The summed E-state index contributed by atoms with van der Waals surface area (Å²) in [7, 11) is 0. The van der Waals surface area contributed by atoms with Crippen LogP contribution in [0.4, 0.5) is 25.8 Å². The first-order valence-corrected chi connectivity index (χ1v) is 27.5. The number of ether oxygens (including phenoxy) is 3. The third-order valence-corrected chi connectivity index (χ3v) is 13.7. The molecule has 0 unspecified atom stereocenters. The Balaban J connectivity index is 0.000000306. The van der Waals surface area contributed by atoms with Crippen molar-refractivity contribution >= 4 is 59.4 Å². The number of anilines is 1. The van der Waals surface area contributed by atoms with E-state index in [0.29, 0.717) is 37.3 Å². The van der Waals surface area contributed by atoms with Crippen molar-refractivity contribution in [1.29, 1.82) is 0 Å². The molecule has 0 saturated carbocycles. The molecular weight excluding hydrogens is 1050 g/mol. The number of aliphatic hydroxyl groups is 1. The van der Waals surface area contributed by atoms with Gasteiger partial charge in [0.1, 0.15) is 30.9 Å². The van der Waals surface area contributed by atoms with Gasteiger partial charge in [-0.15, -0.1) is 0 Å². The molecule has 2 aromatic carbocycles. The van der Waals surface area contributed by atoms with E-state index >= 15 is 0 Å². The Labute approximate surface area is 481 Å². The molecule has 444 valence electrons. The second-order valence-corrected chi connectivity index (χ2v) is 22.1. The molecule has 2 aromatic heterocycles. The molecule has 0 aliphatic carbocycles. The minimum absolute atomic E-state index is 0.156. The van der Waals surface area contributed by atoms with Gasteiger partial charge in [-0.05, 0) is 153 Å². The molecule has 0 atom stereocenters. The molecule has 0 radical (unpaired) electrons. The van der Waals surface area contributed by atoms with Gasteiger partial charge in [0.2, 0.25) is 29.7 Å². The van der Waals surface area contributed by atoms with E-state index in [2.05, 4.69) is 48.5 Å². The molecule has 0 spiro atoms. The topological polar surface area (TPSA) is 289 Å². The third kappa shape index (κ3) is 22.0. The molecular formula is C60H82N10O12. The Kier molecular flexibility index (Phi) is 25.6. The summed E-state index contributed by atoms with van der Waals surface area (Å²) in [4.78, 5) is 113. The predicted octanol–water partition coefficient (Wildman–Crippen LogP) is 7.30. The van der Waals surface area contributed by atoms with Gasteiger partial charge >= 0.3 is 18.3 Å². The fourth-order valence-electron chi connectivity index (χ4n) is 8.56. The number of isocyanates is 1. The second-order valence-electron chi connectivity index (χ2n) is 22.1. The summed E-state index contributed by atoms with van der Waals surface area (Å²) in [6, 6.07) is 22.5. The van der Waals surface area contributed by atoms with E-state index in [-0.39, 0.29) is 89.0 Å². The van der Waals surface area contributed by atoms with Crippen molar-refractivity contribution < 1.29 is 57.7 Å². The van der Waals surface area contributed by atoms with Crippen LogP contribution in [0, 0.1) is 24.7 Å². The molecule has 22 nitrogen and oxygen atoms in total. The van der Waals surface area contributed by atoms with E-state index in [1.54, 1.807) is 75.9 Å². The van der Waals surface area contributed by atoms with Gasteiger partial charge in [-0.3, -0.25) is 34.5 Å². The first kappa shape index (κ1) is 66.3. The maximum Gasteiger partial charge on any atom is 0.411 e. The molecule has 7 amide bonds. The largest absolute Gasteiger partial charge is 0.448 e. The molecule has 2 aliphatic heterocycles. The zero-order valence-electron chi connectivity index (χ0n) is 49.1. The number of pyridine rings is 2. The van der Waals surface area contributed by atoms with Gasteiger partial charge in [-0.2, -0.15) is 4.99 Å². The Morgan fingerprint density at radius 2 is 1.02 bits per heavy atom. The molecule has 4 aromatic rings. The maximum atomic E-state index is 13.5. The number of nitrogens with zero attached hydrogens (tertiary/aromatic N) is 5. The van der Waals surface area contributed by atoms with Crippen LogP contribution >= 0.6 is 0 Å². The lowest BCUT2D eigenvalue weighted by Crippen LogP contribution is -2.54. The van der Waals surface area contributed by atoms with Crippen LogP contribution in [-0.2, 0) is 64.1 Å². The second kappa shape index (κ2) is 31.7. The lowest BCUT2D eigenvalue weighted by molar-refractivity contribution is -0.142. The molecule has 6 N–H and O–H groups in total. The van der Waals surface area contributed by atoms with Gasteiger partial charge < -0.3 is 50.4 Å². The third-order valence-electron chi connectivity index (χ3n) is 13.7. The SMILES string of the molecule is CCc1ccc(N=C=O)cc1.CCc1ccc(NC(=O)OCC2(C(=O)NCc3ncccc3C)CCN(C(=O)CNC(=O)OC(C)(C)C)CC2)cc1.Cc1cccnc1CNC(=O)C1(CO)CCN(C(=O)CNC(=O)OC(C)(C)C)CC1. The van der Waals surface area contributed by atoms with Crippen LogP contribution in [0.3, 0.4) is 0 Å². The highest BCUT2D eigenvalue weighted by Crippen LogP contribution is 2.34. The number of carbonyl (C=O) groups is 7. The number of hydrogen-bond acceptors (Lipinski definition) is 15. The van der Waals surface area contributed by atoms with Crippen LogP contribution in [0.5, 0.6) is 0 Å². The zero-order valence-corrected chi connectivity index (χ0v) is 49.1. The number of likely N-dealkylation sites (tertiary alicyclic amines) is 2. The average Bonchev–Trinajstić information content (AvgIpc) is 3.46. The number of piperidine rings is 2. The summed E-state index contributed by atoms with van der Waals surface area (Å²) in [5, 5.41) is 23.4. The van der Waals surface area contributed by atoms with E-state index in [1.807, 2.05) is 81.4 Å². The van der Waals surface area contributed by atoms with Crippen molar-refractivity contribution in [1.82, 2.24) is 41.0 Å². The normalized spacial score (nSPS) is 14.3. The highest BCUT2D eigenvalue weighted by molar-refractivity contribution is 5.87. The van der Waals surface area contributed by atoms with Gasteiger partial charge in [-0.25, -0.2) is 19.2 Å². The molecule has 22 heteroatoms. The number of nitrogens with one attached hydrogen (secondary N) is 5. The first-order valence-electron chi connectivity index (χ1n) is 27.5. The maximum absolute atomic E-state index is 13.5. The summed E-state index contributed by atoms with van der Waals surface area (Å²) in [5.74, 6) is -1.06. The van der Waals surface area contributed by atoms with Crippen LogP contribution < -0.4 is 26.6 Å². The van der Waals surface area contributed by atoms with E-state index in [9.17, 15) is 43.5 Å². The van der Waals surface area contributed by atoms with Crippen molar-refractivity contribution in [3.63, 3.8) is 0 Å². The molecule has 6 rings (SSSR count). The van der Waals surface area contributed by atoms with Crippen LogP contribution in [0.25, 0.3) is 0 Å². The summed E-state index contributed by atoms with van der Waals surface area (Å²) in [5.41, 5.74) is 3.81. The molecule has 2 aliphatic rings. The average molecular weight is 1140 g/mol. The van der Waals surface area contributed by atoms with Crippen molar-refractivity contribution in [3.8, 4) is 0 Å². The number of amides is 7. The highest BCUT2D eigenvalue weighted by atomic mass is 16.6. The number of hydrogen-bond donors (Lipinski definition) is 6. The van der Waals surface area contributed by atoms with E-state index in [1.165, 1.54) is 11.6 Å². The quantitative estimate of drug-likeness (QED) is 0.0344. The van der Waals surface area contributed by atoms with Crippen molar-refractivity contribution in [3.05, 3.63) is 119 Å².